The largest absolute Gasteiger partial charge is 0.409 e. The SMILES string of the molecule is CCC(CC)O[Si]c1ccc(F)c(F)c1. The molecule has 1 aromatic carbocycles. The summed E-state index contributed by atoms with van der Waals surface area (Å²) < 4.78 is 31.0. The molecule has 0 atom stereocenters. The minimum absolute atomic E-state index is 0.0845. The van der Waals surface area contributed by atoms with Crippen LogP contribution in [0.4, 0.5) is 8.78 Å². The van der Waals surface area contributed by atoms with E-state index in [-0.39, 0.29) is 15.9 Å². The molecule has 0 N–H and O–H groups in total. The van der Waals surface area contributed by atoms with Gasteiger partial charge < -0.3 is 4.43 Å². The second-order valence-corrected chi connectivity index (χ2v) is 4.30. The van der Waals surface area contributed by atoms with Crippen molar-refractivity contribution in [2.75, 3.05) is 0 Å². The summed E-state index contributed by atoms with van der Waals surface area (Å²) in [6.07, 6.45) is 2.08. The number of hydrogen-bond acceptors (Lipinski definition) is 1. The summed E-state index contributed by atoms with van der Waals surface area (Å²) in [5.41, 5.74) is 0. The molecule has 0 amide bonds. The van der Waals surface area contributed by atoms with E-state index in [0.29, 0.717) is 5.19 Å². The van der Waals surface area contributed by atoms with Gasteiger partial charge in [-0.05, 0) is 30.2 Å². The number of rotatable bonds is 5. The van der Waals surface area contributed by atoms with Crippen LogP contribution >= 0.6 is 0 Å². The summed E-state index contributed by atoms with van der Waals surface area (Å²) in [4.78, 5) is 0. The predicted octanol–water partition coefficient (Wildman–Crippen LogP) is 2.41. The molecule has 1 rings (SSSR count). The fraction of sp³-hybridized carbons (Fsp3) is 0.455. The standard InChI is InChI=1S/C11H14F2OSi/c1-3-8(4-2)14-15-9-5-6-10(12)11(13)7-9/h5-8H,3-4H2,1-2H3. The predicted molar refractivity (Wildman–Crippen MR) is 57.2 cm³/mol. The maximum atomic E-state index is 12.8. The zero-order valence-electron chi connectivity index (χ0n) is 8.89. The molecule has 15 heavy (non-hydrogen) atoms. The Hall–Kier alpha value is -0.743. The zero-order chi connectivity index (χ0) is 11.3. The normalized spacial score (nSPS) is 11.0. The van der Waals surface area contributed by atoms with Crippen LogP contribution in [0.2, 0.25) is 0 Å². The Morgan fingerprint density at radius 2 is 1.87 bits per heavy atom. The summed E-state index contributed by atoms with van der Waals surface area (Å²) in [6.45, 7) is 4.09. The van der Waals surface area contributed by atoms with Crippen molar-refractivity contribution in [2.45, 2.75) is 32.8 Å². The molecule has 2 radical (unpaired) electrons. The lowest BCUT2D eigenvalue weighted by molar-refractivity contribution is 0.206. The van der Waals surface area contributed by atoms with E-state index in [2.05, 4.69) is 0 Å². The molecule has 0 aliphatic heterocycles. The molecular weight excluding hydrogens is 214 g/mol. The lowest BCUT2D eigenvalue weighted by Gasteiger charge is -2.12. The highest BCUT2D eigenvalue weighted by atomic mass is 28.2. The van der Waals surface area contributed by atoms with Crippen molar-refractivity contribution in [3.8, 4) is 0 Å². The van der Waals surface area contributed by atoms with Crippen LogP contribution in [0, 0.1) is 11.6 Å². The van der Waals surface area contributed by atoms with Crippen LogP contribution in [0.25, 0.3) is 0 Å². The van der Waals surface area contributed by atoms with E-state index in [4.69, 9.17) is 4.43 Å². The molecule has 0 spiro atoms. The third-order valence-electron chi connectivity index (χ3n) is 2.17. The highest BCUT2D eigenvalue weighted by molar-refractivity contribution is 6.46. The van der Waals surface area contributed by atoms with Gasteiger partial charge in [-0.15, -0.1) is 0 Å². The van der Waals surface area contributed by atoms with Gasteiger partial charge in [0.25, 0.3) is 9.76 Å². The molecule has 0 aromatic heterocycles. The van der Waals surface area contributed by atoms with E-state index >= 15 is 0 Å². The highest BCUT2D eigenvalue weighted by Crippen LogP contribution is 2.03. The average molecular weight is 228 g/mol. The molecule has 82 valence electrons. The summed E-state index contributed by atoms with van der Waals surface area (Å²) in [7, 11) is 0.0845. The molecule has 0 heterocycles. The molecule has 0 aliphatic rings. The van der Waals surface area contributed by atoms with Crippen molar-refractivity contribution < 1.29 is 13.2 Å². The van der Waals surface area contributed by atoms with Gasteiger partial charge in [-0.3, -0.25) is 0 Å². The first-order valence-corrected chi connectivity index (χ1v) is 5.94. The Balaban J connectivity index is 2.54. The van der Waals surface area contributed by atoms with Crippen molar-refractivity contribution in [1.82, 2.24) is 0 Å². The van der Waals surface area contributed by atoms with Crippen molar-refractivity contribution in [1.29, 1.82) is 0 Å². The molecule has 1 nitrogen and oxygen atoms in total. The third kappa shape index (κ3) is 3.72. The minimum Gasteiger partial charge on any atom is -0.409 e. The van der Waals surface area contributed by atoms with Crippen molar-refractivity contribution in [3.05, 3.63) is 29.8 Å². The highest BCUT2D eigenvalue weighted by Gasteiger charge is 2.07. The van der Waals surface area contributed by atoms with Gasteiger partial charge >= 0.3 is 0 Å². The first kappa shape index (κ1) is 12.3. The van der Waals surface area contributed by atoms with Crippen molar-refractivity contribution in [3.63, 3.8) is 0 Å². The van der Waals surface area contributed by atoms with Crippen molar-refractivity contribution >= 4 is 14.9 Å². The molecule has 1 aromatic rings. The first-order chi connectivity index (χ1) is 7.17. The number of halogens is 2. The topological polar surface area (TPSA) is 9.23 Å². The minimum atomic E-state index is -0.814. The van der Waals surface area contributed by atoms with Crippen molar-refractivity contribution in [2.24, 2.45) is 0 Å². The Morgan fingerprint density at radius 1 is 1.20 bits per heavy atom. The molecule has 0 bridgehead atoms. The molecule has 0 fully saturated rings. The Bertz CT molecular complexity index is 313. The van der Waals surface area contributed by atoms with Crippen LogP contribution in [0.1, 0.15) is 26.7 Å². The average Bonchev–Trinajstić information content (AvgIpc) is 2.24. The Morgan fingerprint density at radius 3 is 2.40 bits per heavy atom. The summed E-state index contributed by atoms with van der Waals surface area (Å²) in [5, 5.41) is 0.695. The van der Waals surface area contributed by atoms with Crippen LogP contribution in [-0.2, 0) is 4.43 Å². The maximum absolute atomic E-state index is 12.8. The van der Waals surface area contributed by atoms with Crippen LogP contribution in [0.5, 0.6) is 0 Å². The summed E-state index contributed by atoms with van der Waals surface area (Å²) in [5.74, 6) is -1.63. The molecule has 0 unspecified atom stereocenters. The maximum Gasteiger partial charge on any atom is 0.269 e. The van der Waals surface area contributed by atoms with Crippen LogP contribution in [0.15, 0.2) is 18.2 Å². The fourth-order valence-electron chi connectivity index (χ4n) is 1.17. The van der Waals surface area contributed by atoms with Gasteiger partial charge in [-0.1, -0.05) is 19.9 Å². The lowest BCUT2D eigenvalue weighted by Crippen LogP contribution is -2.24. The number of hydrogen-bond donors (Lipinski definition) is 0. The monoisotopic (exact) mass is 228 g/mol. The van der Waals surface area contributed by atoms with Gasteiger partial charge in [-0.25, -0.2) is 8.78 Å². The van der Waals surface area contributed by atoms with E-state index in [0.717, 1.165) is 18.9 Å². The Labute approximate surface area is 91.4 Å². The lowest BCUT2D eigenvalue weighted by atomic mass is 10.2. The summed E-state index contributed by atoms with van der Waals surface area (Å²) >= 11 is 0. The van der Waals surface area contributed by atoms with Gasteiger partial charge in [0.15, 0.2) is 11.6 Å². The summed E-state index contributed by atoms with van der Waals surface area (Å²) in [6, 6.07) is 3.88. The van der Waals surface area contributed by atoms with Gasteiger partial charge in [0.2, 0.25) is 0 Å². The van der Waals surface area contributed by atoms with Crippen LogP contribution in [0.3, 0.4) is 0 Å². The molecule has 4 heteroatoms. The number of benzene rings is 1. The molecule has 0 saturated carbocycles. The fourth-order valence-corrected chi connectivity index (χ4v) is 2.14. The van der Waals surface area contributed by atoms with Gasteiger partial charge in [0, 0.05) is 6.10 Å². The van der Waals surface area contributed by atoms with E-state index in [1.165, 1.54) is 6.07 Å². The van der Waals surface area contributed by atoms with Gasteiger partial charge in [-0.2, -0.15) is 0 Å². The smallest absolute Gasteiger partial charge is 0.269 e. The van der Waals surface area contributed by atoms with E-state index in [1.807, 2.05) is 13.8 Å². The third-order valence-corrected chi connectivity index (χ3v) is 3.17. The molecular formula is C11H14F2OSi. The van der Waals surface area contributed by atoms with Crippen LogP contribution < -0.4 is 5.19 Å². The van der Waals surface area contributed by atoms with Gasteiger partial charge in [0.05, 0.1) is 0 Å². The quantitative estimate of drug-likeness (QED) is 0.703. The van der Waals surface area contributed by atoms with E-state index in [1.54, 1.807) is 6.07 Å². The van der Waals surface area contributed by atoms with Crippen LogP contribution in [-0.4, -0.2) is 15.9 Å². The van der Waals surface area contributed by atoms with E-state index < -0.39 is 11.6 Å². The Kier molecular flexibility index (Phi) is 4.91. The second kappa shape index (κ2) is 5.98. The zero-order valence-corrected chi connectivity index (χ0v) is 9.89. The second-order valence-electron chi connectivity index (χ2n) is 3.29. The molecule has 0 aliphatic carbocycles. The molecule has 0 saturated heterocycles. The van der Waals surface area contributed by atoms with E-state index in [9.17, 15) is 8.78 Å². The first-order valence-electron chi connectivity index (χ1n) is 5.04. The van der Waals surface area contributed by atoms with Gasteiger partial charge in [0.1, 0.15) is 0 Å².